The first-order valence-corrected chi connectivity index (χ1v) is 28.7. The lowest BCUT2D eigenvalue weighted by molar-refractivity contribution is -0.161. The summed E-state index contributed by atoms with van der Waals surface area (Å²) in [6.07, 6.45) is 53.3. The van der Waals surface area contributed by atoms with Crippen LogP contribution < -0.4 is 0 Å². The fourth-order valence-corrected chi connectivity index (χ4v) is 8.01. The highest BCUT2D eigenvalue weighted by Crippen LogP contribution is 2.43. The van der Waals surface area contributed by atoms with Crippen LogP contribution in [0.1, 0.15) is 239 Å². The molecular weight excluding hydrogens is 880 g/mol. The van der Waals surface area contributed by atoms with Crippen molar-refractivity contribution in [2.45, 2.75) is 251 Å². The molecule has 68 heavy (non-hydrogen) atoms. The Balaban J connectivity index is 4.73. The lowest BCUT2D eigenvalue weighted by Crippen LogP contribution is -2.30. The number of aliphatic hydroxyl groups is 1. The SMILES string of the molecule is CC/C=C\C/C=C\C/C=C\CCCCCCCCCC(=O)OC(COC(=O)CCCCCCC/C=C\CCCC)COP(=O)(O)OCC(CO)OC(=O)CCCCCCC/C=C\CCCCCC. The van der Waals surface area contributed by atoms with E-state index in [4.69, 9.17) is 23.3 Å². The summed E-state index contributed by atoms with van der Waals surface area (Å²) in [5.74, 6) is -1.49. The number of unbranched alkanes of at least 4 members (excludes halogenated alkanes) is 23. The molecule has 0 aromatic carbocycles. The molecule has 0 saturated heterocycles. The number of hydrogen-bond acceptors (Lipinski definition) is 10. The lowest BCUT2D eigenvalue weighted by atomic mass is 10.1. The maximum absolute atomic E-state index is 12.9. The third kappa shape index (κ3) is 48.2. The summed E-state index contributed by atoms with van der Waals surface area (Å²) in [5.41, 5.74) is 0. The van der Waals surface area contributed by atoms with Crippen LogP contribution in [0.2, 0.25) is 0 Å². The molecule has 11 nitrogen and oxygen atoms in total. The molecule has 0 saturated carbocycles. The Morgan fingerprint density at radius 1 is 0.426 bits per heavy atom. The standard InChI is InChI=1S/C56H99O11P/c1-4-7-10-13-16-19-22-24-25-26-27-29-32-35-38-41-44-47-56(60)67-53(49-63-54(58)45-42-39-36-33-30-21-18-15-12-9-6-3)51-65-68(61,62)64-50-52(48-57)66-55(59)46-43-40-37-34-31-28-23-20-17-14-11-8-5-2/h7,10,15-16,18-20,23-25,52-53,57H,4-6,8-9,11-14,17,21-22,26-51H2,1-3H3,(H,61,62)/b10-7-,18-15-,19-16-,23-20-,25-24-. The van der Waals surface area contributed by atoms with Gasteiger partial charge in [-0.05, 0) is 96.3 Å². The molecule has 3 unspecified atom stereocenters. The molecule has 394 valence electrons. The molecule has 0 aliphatic rings. The van der Waals surface area contributed by atoms with Crippen molar-refractivity contribution in [3.8, 4) is 0 Å². The van der Waals surface area contributed by atoms with E-state index in [0.29, 0.717) is 19.3 Å². The maximum atomic E-state index is 12.9. The molecule has 0 aliphatic heterocycles. The number of ether oxygens (including phenoxy) is 3. The normalized spacial score (nSPS) is 13.9. The van der Waals surface area contributed by atoms with E-state index in [9.17, 15) is 28.9 Å². The number of phosphoric ester groups is 1. The van der Waals surface area contributed by atoms with E-state index < -0.39 is 57.8 Å². The van der Waals surface area contributed by atoms with Gasteiger partial charge < -0.3 is 24.2 Å². The Labute approximate surface area is 415 Å². The molecule has 0 bridgehead atoms. The predicted molar refractivity (Wildman–Crippen MR) is 279 cm³/mol. The minimum atomic E-state index is -4.75. The van der Waals surface area contributed by atoms with E-state index >= 15 is 0 Å². The first-order chi connectivity index (χ1) is 33.2. The third-order valence-electron chi connectivity index (χ3n) is 11.4. The number of esters is 3. The van der Waals surface area contributed by atoms with Crippen LogP contribution in [0.3, 0.4) is 0 Å². The van der Waals surface area contributed by atoms with Gasteiger partial charge in [0.2, 0.25) is 0 Å². The molecular formula is C56H99O11P. The van der Waals surface area contributed by atoms with E-state index in [1.54, 1.807) is 0 Å². The van der Waals surface area contributed by atoms with Crippen molar-refractivity contribution in [3.63, 3.8) is 0 Å². The van der Waals surface area contributed by atoms with Crippen LogP contribution >= 0.6 is 7.82 Å². The molecule has 0 amide bonds. The van der Waals surface area contributed by atoms with Crippen LogP contribution in [0, 0.1) is 0 Å². The van der Waals surface area contributed by atoms with Crippen molar-refractivity contribution in [2.24, 2.45) is 0 Å². The molecule has 0 rings (SSSR count). The van der Waals surface area contributed by atoms with Gasteiger partial charge in [0, 0.05) is 19.3 Å². The van der Waals surface area contributed by atoms with E-state index in [1.165, 1.54) is 44.9 Å². The largest absolute Gasteiger partial charge is 0.472 e. The van der Waals surface area contributed by atoms with Gasteiger partial charge in [0.1, 0.15) is 12.7 Å². The maximum Gasteiger partial charge on any atom is 0.472 e. The fourth-order valence-electron chi connectivity index (χ4n) is 7.23. The van der Waals surface area contributed by atoms with Gasteiger partial charge in [-0.25, -0.2) is 4.57 Å². The van der Waals surface area contributed by atoms with Gasteiger partial charge in [-0.2, -0.15) is 0 Å². The van der Waals surface area contributed by atoms with Gasteiger partial charge in [-0.3, -0.25) is 23.4 Å². The second kappa shape index (κ2) is 50.6. The molecule has 0 spiro atoms. The van der Waals surface area contributed by atoms with Gasteiger partial charge in [-0.1, -0.05) is 184 Å². The van der Waals surface area contributed by atoms with Crippen LogP contribution in [0.4, 0.5) is 0 Å². The summed E-state index contributed by atoms with van der Waals surface area (Å²) in [6, 6.07) is 0. The van der Waals surface area contributed by atoms with Gasteiger partial charge in [0.05, 0.1) is 19.8 Å². The highest BCUT2D eigenvalue weighted by Gasteiger charge is 2.28. The number of aliphatic hydroxyl groups excluding tert-OH is 1. The number of rotatable bonds is 50. The Bertz CT molecular complexity index is 1370. The van der Waals surface area contributed by atoms with Gasteiger partial charge >= 0.3 is 25.7 Å². The zero-order valence-electron chi connectivity index (χ0n) is 43.3. The smallest absolute Gasteiger partial charge is 0.462 e. The monoisotopic (exact) mass is 979 g/mol. The Morgan fingerprint density at radius 3 is 1.24 bits per heavy atom. The predicted octanol–water partition coefficient (Wildman–Crippen LogP) is 15.6. The van der Waals surface area contributed by atoms with Crippen molar-refractivity contribution in [3.05, 3.63) is 60.8 Å². The minimum Gasteiger partial charge on any atom is -0.462 e. The molecule has 0 fully saturated rings. The van der Waals surface area contributed by atoms with Crippen LogP contribution in [0.5, 0.6) is 0 Å². The summed E-state index contributed by atoms with van der Waals surface area (Å²) in [4.78, 5) is 48.4. The number of allylic oxidation sites excluding steroid dienone is 10. The van der Waals surface area contributed by atoms with Crippen molar-refractivity contribution in [2.75, 3.05) is 26.4 Å². The first-order valence-electron chi connectivity index (χ1n) is 27.2. The number of carbonyl (C=O) groups excluding carboxylic acids is 3. The summed E-state index contributed by atoms with van der Waals surface area (Å²) in [7, 11) is -4.75. The van der Waals surface area contributed by atoms with Crippen LogP contribution in [0.15, 0.2) is 60.8 Å². The molecule has 3 atom stereocenters. The third-order valence-corrected chi connectivity index (χ3v) is 12.3. The van der Waals surface area contributed by atoms with Crippen molar-refractivity contribution in [1.82, 2.24) is 0 Å². The molecule has 2 N–H and O–H groups in total. The second-order valence-electron chi connectivity index (χ2n) is 18.0. The topological polar surface area (TPSA) is 155 Å². The Kier molecular flexibility index (Phi) is 48.5. The van der Waals surface area contributed by atoms with Crippen LogP contribution in [-0.4, -0.2) is 66.5 Å². The van der Waals surface area contributed by atoms with Gasteiger partial charge in [-0.15, -0.1) is 0 Å². The summed E-state index contributed by atoms with van der Waals surface area (Å²) < 4.78 is 39.4. The summed E-state index contributed by atoms with van der Waals surface area (Å²) in [5, 5.41) is 9.78. The molecule has 0 radical (unpaired) electrons. The Morgan fingerprint density at radius 2 is 0.779 bits per heavy atom. The zero-order valence-corrected chi connectivity index (χ0v) is 44.2. The first kappa shape index (κ1) is 65.2. The molecule has 0 aromatic rings. The highest BCUT2D eigenvalue weighted by atomic mass is 31.2. The molecule has 0 aliphatic carbocycles. The van der Waals surface area contributed by atoms with Crippen molar-refractivity contribution < 1.29 is 52.2 Å². The quantitative estimate of drug-likeness (QED) is 0.0197. The number of carbonyl (C=O) groups is 3. The van der Waals surface area contributed by atoms with Crippen molar-refractivity contribution >= 4 is 25.7 Å². The minimum absolute atomic E-state index is 0.154. The average Bonchev–Trinajstić information content (AvgIpc) is 3.32. The van der Waals surface area contributed by atoms with Gasteiger partial charge in [0.15, 0.2) is 6.10 Å². The molecule has 0 aromatic heterocycles. The molecule has 0 heterocycles. The number of phosphoric acid groups is 1. The van der Waals surface area contributed by atoms with Crippen LogP contribution in [0.25, 0.3) is 0 Å². The van der Waals surface area contributed by atoms with Crippen LogP contribution in [-0.2, 0) is 42.2 Å². The molecule has 12 heteroatoms. The van der Waals surface area contributed by atoms with Gasteiger partial charge in [0.25, 0.3) is 0 Å². The van der Waals surface area contributed by atoms with E-state index in [-0.39, 0.29) is 25.9 Å². The number of hydrogen-bond donors (Lipinski definition) is 2. The average molecular weight is 979 g/mol. The fraction of sp³-hybridized carbons (Fsp3) is 0.768. The summed E-state index contributed by atoms with van der Waals surface area (Å²) in [6.45, 7) is 4.45. The van der Waals surface area contributed by atoms with E-state index in [0.717, 1.165) is 135 Å². The van der Waals surface area contributed by atoms with E-state index in [2.05, 4.69) is 81.5 Å². The summed E-state index contributed by atoms with van der Waals surface area (Å²) >= 11 is 0. The second-order valence-corrected chi connectivity index (χ2v) is 19.5. The van der Waals surface area contributed by atoms with Crippen molar-refractivity contribution in [1.29, 1.82) is 0 Å². The lowest BCUT2D eigenvalue weighted by Gasteiger charge is -2.21. The zero-order chi connectivity index (χ0) is 49.9. The van der Waals surface area contributed by atoms with E-state index in [1.807, 2.05) is 0 Å². The highest BCUT2D eigenvalue weighted by molar-refractivity contribution is 7.47. The Hall–Kier alpha value is -2.82.